The van der Waals surface area contributed by atoms with Gasteiger partial charge >= 0.3 is 0 Å². The largest absolute Gasteiger partial charge is 0.365 e. The molecule has 3 aromatic rings. The molecular weight excluding hydrogens is 250 g/mol. The van der Waals surface area contributed by atoms with Crippen LogP contribution in [0.4, 0.5) is 11.4 Å². The number of anilines is 2. The molecule has 0 aliphatic carbocycles. The number of benzene rings is 2. The number of carbonyl (C=O) groups excluding carboxylic acids is 1. The molecule has 0 saturated carbocycles. The standard InChI is InChI=1S/C16H13N3O/c17-16(20)13-10-18-14-9-5-4-8-12(14)15(13)19-11-6-2-1-3-7-11/h1-10H,(H2,17,20)(H,18,19). The number of carbonyl (C=O) groups is 1. The summed E-state index contributed by atoms with van der Waals surface area (Å²) in [5.74, 6) is -0.498. The van der Waals surface area contributed by atoms with E-state index in [1.54, 1.807) is 0 Å². The number of hydrogen-bond donors (Lipinski definition) is 2. The van der Waals surface area contributed by atoms with E-state index >= 15 is 0 Å². The molecule has 3 N–H and O–H groups in total. The van der Waals surface area contributed by atoms with Crippen molar-refractivity contribution in [2.24, 2.45) is 5.73 Å². The fourth-order valence-electron chi connectivity index (χ4n) is 2.13. The second-order valence-electron chi connectivity index (χ2n) is 4.42. The van der Waals surface area contributed by atoms with Crippen molar-refractivity contribution in [3.8, 4) is 0 Å². The first-order valence-electron chi connectivity index (χ1n) is 6.25. The number of primary amides is 1. The van der Waals surface area contributed by atoms with Crippen LogP contribution in [0.5, 0.6) is 0 Å². The molecule has 0 spiro atoms. The quantitative estimate of drug-likeness (QED) is 0.763. The van der Waals surface area contributed by atoms with Crippen LogP contribution in [0.25, 0.3) is 10.9 Å². The Labute approximate surface area is 116 Å². The predicted molar refractivity (Wildman–Crippen MR) is 80.0 cm³/mol. The zero-order valence-corrected chi connectivity index (χ0v) is 10.7. The van der Waals surface area contributed by atoms with Gasteiger partial charge in [-0.15, -0.1) is 0 Å². The van der Waals surface area contributed by atoms with E-state index in [0.717, 1.165) is 16.6 Å². The van der Waals surface area contributed by atoms with Gasteiger partial charge in [-0.25, -0.2) is 0 Å². The molecule has 0 bridgehead atoms. The number of nitrogens with two attached hydrogens (primary N) is 1. The molecule has 4 nitrogen and oxygen atoms in total. The van der Waals surface area contributed by atoms with Crippen molar-refractivity contribution in [1.29, 1.82) is 0 Å². The first-order chi connectivity index (χ1) is 9.75. The number of hydrogen-bond acceptors (Lipinski definition) is 3. The minimum atomic E-state index is -0.498. The van der Waals surface area contributed by atoms with Gasteiger partial charge < -0.3 is 11.1 Å². The molecule has 0 radical (unpaired) electrons. The summed E-state index contributed by atoms with van der Waals surface area (Å²) in [6, 6.07) is 17.3. The second kappa shape index (κ2) is 5.01. The highest BCUT2D eigenvalue weighted by molar-refractivity contribution is 6.07. The number of fused-ring (bicyclic) bond motifs is 1. The van der Waals surface area contributed by atoms with Gasteiger partial charge in [-0.2, -0.15) is 0 Å². The van der Waals surface area contributed by atoms with Gasteiger partial charge in [0.15, 0.2) is 0 Å². The Hall–Kier alpha value is -2.88. The molecule has 0 aliphatic rings. The molecule has 0 saturated heterocycles. The smallest absolute Gasteiger partial charge is 0.252 e. The van der Waals surface area contributed by atoms with Gasteiger partial charge in [-0.3, -0.25) is 9.78 Å². The van der Waals surface area contributed by atoms with Crippen LogP contribution >= 0.6 is 0 Å². The fraction of sp³-hybridized carbons (Fsp3) is 0. The topological polar surface area (TPSA) is 68.0 Å². The lowest BCUT2D eigenvalue weighted by atomic mass is 10.1. The van der Waals surface area contributed by atoms with E-state index in [-0.39, 0.29) is 0 Å². The molecule has 1 aromatic heterocycles. The SMILES string of the molecule is NC(=O)c1cnc2ccccc2c1Nc1ccccc1. The van der Waals surface area contributed by atoms with Crippen LogP contribution in [0.15, 0.2) is 60.8 Å². The normalized spacial score (nSPS) is 10.4. The van der Waals surface area contributed by atoms with Crippen molar-refractivity contribution in [2.75, 3.05) is 5.32 Å². The molecule has 0 fully saturated rings. The Kier molecular flexibility index (Phi) is 3.05. The molecule has 2 aromatic carbocycles. The monoisotopic (exact) mass is 263 g/mol. The average Bonchev–Trinajstić information content (AvgIpc) is 2.48. The number of pyridine rings is 1. The average molecular weight is 263 g/mol. The molecule has 0 aliphatic heterocycles. The highest BCUT2D eigenvalue weighted by Gasteiger charge is 2.12. The van der Waals surface area contributed by atoms with E-state index in [1.807, 2.05) is 54.6 Å². The highest BCUT2D eigenvalue weighted by Crippen LogP contribution is 2.28. The zero-order chi connectivity index (χ0) is 13.9. The van der Waals surface area contributed by atoms with Crippen LogP contribution in [0.1, 0.15) is 10.4 Å². The van der Waals surface area contributed by atoms with E-state index in [4.69, 9.17) is 5.73 Å². The highest BCUT2D eigenvalue weighted by atomic mass is 16.1. The van der Waals surface area contributed by atoms with Crippen LogP contribution in [0, 0.1) is 0 Å². The first kappa shape index (κ1) is 12.2. The van der Waals surface area contributed by atoms with Gasteiger partial charge in [-0.05, 0) is 18.2 Å². The van der Waals surface area contributed by atoms with Crippen molar-refractivity contribution in [1.82, 2.24) is 4.98 Å². The Morgan fingerprint density at radius 1 is 1.00 bits per heavy atom. The second-order valence-corrected chi connectivity index (χ2v) is 4.42. The Balaban J connectivity index is 2.20. The summed E-state index contributed by atoms with van der Waals surface area (Å²) in [4.78, 5) is 15.9. The summed E-state index contributed by atoms with van der Waals surface area (Å²) in [7, 11) is 0. The summed E-state index contributed by atoms with van der Waals surface area (Å²) in [6.07, 6.45) is 1.51. The van der Waals surface area contributed by atoms with Crippen molar-refractivity contribution < 1.29 is 4.79 Å². The first-order valence-corrected chi connectivity index (χ1v) is 6.25. The minimum absolute atomic E-state index is 0.382. The lowest BCUT2D eigenvalue weighted by molar-refractivity contribution is 0.100. The fourth-order valence-corrected chi connectivity index (χ4v) is 2.13. The van der Waals surface area contributed by atoms with Gasteiger partial charge in [-0.1, -0.05) is 36.4 Å². The summed E-state index contributed by atoms with van der Waals surface area (Å²) >= 11 is 0. The van der Waals surface area contributed by atoms with Crippen LogP contribution in [-0.2, 0) is 0 Å². The van der Waals surface area contributed by atoms with Crippen LogP contribution < -0.4 is 11.1 Å². The number of aromatic nitrogens is 1. The van der Waals surface area contributed by atoms with Gasteiger partial charge in [0.05, 0.1) is 16.8 Å². The zero-order valence-electron chi connectivity index (χ0n) is 10.7. The van der Waals surface area contributed by atoms with E-state index in [0.29, 0.717) is 11.3 Å². The van der Waals surface area contributed by atoms with Crippen molar-refractivity contribution in [2.45, 2.75) is 0 Å². The van der Waals surface area contributed by atoms with E-state index in [9.17, 15) is 4.79 Å². The van der Waals surface area contributed by atoms with Gasteiger partial charge in [0.2, 0.25) is 0 Å². The van der Waals surface area contributed by atoms with Crippen molar-refractivity contribution >= 4 is 28.2 Å². The molecule has 20 heavy (non-hydrogen) atoms. The molecule has 0 atom stereocenters. The van der Waals surface area contributed by atoms with Gasteiger partial charge in [0.25, 0.3) is 5.91 Å². The third-order valence-electron chi connectivity index (χ3n) is 3.08. The summed E-state index contributed by atoms with van der Waals surface area (Å²) < 4.78 is 0. The molecule has 4 heteroatoms. The van der Waals surface area contributed by atoms with E-state index < -0.39 is 5.91 Å². The lowest BCUT2D eigenvalue weighted by Gasteiger charge is -2.12. The maximum atomic E-state index is 11.6. The summed E-state index contributed by atoms with van der Waals surface area (Å²) in [5, 5.41) is 4.12. The third-order valence-corrected chi connectivity index (χ3v) is 3.08. The number of para-hydroxylation sites is 2. The van der Waals surface area contributed by atoms with Crippen LogP contribution in [0.3, 0.4) is 0 Å². The van der Waals surface area contributed by atoms with E-state index in [1.165, 1.54) is 6.20 Å². The molecule has 0 unspecified atom stereocenters. The summed E-state index contributed by atoms with van der Waals surface area (Å²) in [5.41, 5.74) is 8.22. The summed E-state index contributed by atoms with van der Waals surface area (Å²) in [6.45, 7) is 0. The van der Waals surface area contributed by atoms with Gasteiger partial charge in [0.1, 0.15) is 0 Å². The molecular formula is C16H13N3O. The van der Waals surface area contributed by atoms with Crippen LogP contribution in [0.2, 0.25) is 0 Å². The maximum Gasteiger partial charge on any atom is 0.252 e. The number of amides is 1. The molecule has 3 rings (SSSR count). The van der Waals surface area contributed by atoms with Crippen molar-refractivity contribution in [3.63, 3.8) is 0 Å². The Bertz CT molecular complexity index is 769. The van der Waals surface area contributed by atoms with E-state index in [2.05, 4.69) is 10.3 Å². The molecule has 98 valence electrons. The number of rotatable bonds is 3. The lowest BCUT2D eigenvalue weighted by Crippen LogP contribution is -2.14. The maximum absolute atomic E-state index is 11.6. The van der Waals surface area contributed by atoms with Crippen molar-refractivity contribution in [3.05, 3.63) is 66.4 Å². The predicted octanol–water partition coefficient (Wildman–Crippen LogP) is 3.08. The third kappa shape index (κ3) is 2.19. The molecule has 1 amide bonds. The number of nitrogens with one attached hydrogen (secondary N) is 1. The van der Waals surface area contributed by atoms with Crippen LogP contribution in [-0.4, -0.2) is 10.9 Å². The molecule has 1 heterocycles. The Morgan fingerprint density at radius 3 is 2.45 bits per heavy atom. The minimum Gasteiger partial charge on any atom is -0.365 e. The number of nitrogens with zero attached hydrogens (tertiary/aromatic N) is 1. The Morgan fingerprint density at radius 2 is 1.70 bits per heavy atom. The van der Waals surface area contributed by atoms with Gasteiger partial charge in [0, 0.05) is 17.3 Å².